The molecule has 6 heteroatoms. The first kappa shape index (κ1) is 17.8. The molecule has 0 aromatic heterocycles. The summed E-state index contributed by atoms with van der Waals surface area (Å²) in [7, 11) is 1.63. The second-order valence-electron chi connectivity index (χ2n) is 7.61. The number of ketones is 1. The fourth-order valence-corrected chi connectivity index (χ4v) is 4.51. The molecule has 5 rings (SSSR count). The van der Waals surface area contributed by atoms with Crippen molar-refractivity contribution >= 4 is 11.7 Å². The van der Waals surface area contributed by atoms with E-state index in [1.165, 1.54) is 0 Å². The van der Waals surface area contributed by atoms with E-state index in [1.807, 2.05) is 42.5 Å². The van der Waals surface area contributed by atoms with E-state index in [0.29, 0.717) is 24.3 Å². The van der Waals surface area contributed by atoms with Gasteiger partial charge in [-0.05, 0) is 47.7 Å². The highest BCUT2D eigenvalue weighted by Gasteiger charge is 2.38. The molecule has 0 radical (unpaired) electrons. The van der Waals surface area contributed by atoms with E-state index in [0.717, 1.165) is 28.1 Å². The predicted molar refractivity (Wildman–Crippen MR) is 105 cm³/mol. The van der Waals surface area contributed by atoms with Crippen molar-refractivity contribution in [3.63, 3.8) is 0 Å². The summed E-state index contributed by atoms with van der Waals surface area (Å²) >= 11 is 0. The summed E-state index contributed by atoms with van der Waals surface area (Å²) in [5.74, 6) is 1.90. The van der Waals surface area contributed by atoms with E-state index >= 15 is 0 Å². The number of carbonyl (C=O) groups is 2. The number of ether oxygens (including phenoxy) is 3. The van der Waals surface area contributed by atoms with E-state index in [-0.39, 0.29) is 36.7 Å². The Bertz CT molecular complexity index is 1040. The Kier molecular flexibility index (Phi) is 4.27. The average Bonchev–Trinajstić information content (AvgIpc) is 3.20. The first-order chi connectivity index (χ1) is 14.1. The maximum absolute atomic E-state index is 13.2. The van der Waals surface area contributed by atoms with Crippen LogP contribution in [0.3, 0.4) is 0 Å². The number of rotatable bonds is 3. The number of benzene rings is 2. The van der Waals surface area contributed by atoms with Crippen LogP contribution in [0.15, 0.2) is 53.7 Å². The summed E-state index contributed by atoms with van der Waals surface area (Å²) in [5, 5.41) is 2.96. The summed E-state index contributed by atoms with van der Waals surface area (Å²) in [6.07, 6.45) is 1.30. The van der Waals surface area contributed by atoms with Crippen LogP contribution in [0.1, 0.15) is 42.2 Å². The third-order valence-electron chi connectivity index (χ3n) is 5.90. The molecule has 2 aliphatic heterocycles. The summed E-state index contributed by atoms with van der Waals surface area (Å²) < 4.78 is 16.2. The molecule has 0 spiro atoms. The Morgan fingerprint density at radius 1 is 0.966 bits per heavy atom. The van der Waals surface area contributed by atoms with Gasteiger partial charge in [0.15, 0.2) is 17.3 Å². The summed E-state index contributed by atoms with van der Waals surface area (Å²) in [4.78, 5) is 25.6. The van der Waals surface area contributed by atoms with Crippen LogP contribution in [-0.2, 0) is 9.59 Å². The average molecular weight is 391 g/mol. The number of hydrogen-bond acceptors (Lipinski definition) is 5. The van der Waals surface area contributed by atoms with Gasteiger partial charge in [0, 0.05) is 30.0 Å². The van der Waals surface area contributed by atoms with Crippen molar-refractivity contribution in [2.75, 3.05) is 13.9 Å². The third kappa shape index (κ3) is 3.14. The zero-order chi connectivity index (χ0) is 20.0. The van der Waals surface area contributed by atoms with Gasteiger partial charge in [-0.3, -0.25) is 9.59 Å². The minimum absolute atomic E-state index is 0.0205. The van der Waals surface area contributed by atoms with Crippen LogP contribution in [0, 0.1) is 0 Å². The van der Waals surface area contributed by atoms with Crippen LogP contribution in [0.25, 0.3) is 0 Å². The van der Waals surface area contributed by atoms with Gasteiger partial charge in [-0.1, -0.05) is 18.2 Å². The van der Waals surface area contributed by atoms with E-state index in [9.17, 15) is 9.59 Å². The van der Waals surface area contributed by atoms with E-state index in [2.05, 4.69) is 5.32 Å². The van der Waals surface area contributed by atoms with E-state index < -0.39 is 0 Å². The molecule has 6 nitrogen and oxygen atoms in total. The van der Waals surface area contributed by atoms with Crippen molar-refractivity contribution in [3.8, 4) is 17.2 Å². The number of carbonyl (C=O) groups excluding carboxylic acids is 2. The lowest BCUT2D eigenvalue weighted by atomic mass is 9.73. The zero-order valence-corrected chi connectivity index (χ0v) is 16.1. The standard InChI is InChI=1S/C23H21NO5/c1-27-16-4-2-3-13(7-16)15-8-18-23(19(25)9-15)17(11-22(26)24-18)14-5-6-20-21(10-14)29-12-28-20/h2-7,10,15,17H,8-9,11-12H2,1H3,(H,24,26). The molecule has 2 heterocycles. The molecule has 2 unspecified atom stereocenters. The third-order valence-corrected chi connectivity index (χ3v) is 5.90. The number of Topliss-reactive ketones (excluding diaryl/α,β-unsaturated/α-hetero) is 1. The first-order valence-corrected chi connectivity index (χ1v) is 9.72. The first-order valence-electron chi connectivity index (χ1n) is 9.72. The lowest BCUT2D eigenvalue weighted by Crippen LogP contribution is -2.38. The van der Waals surface area contributed by atoms with Crippen molar-refractivity contribution in [3.05, 3.63) is 64.9 Å². The van der Waals surface area contributed by atoms with Crippen molar-refractivity contribution in [1.82, 2.24) is 5.32 Å². The fourth-order valence-electron chi connectivity index (χ4n) is 4.51. The van der Waals surface area contributed by atoms with E-state index in [4.69, 9.17) is 14.2 Å². The number of hydrogen-bond donors (Lipinski definition) is 1. The summed E-state index contributed by atoms with van der Waals surface area (Å²) in [5.41, 5.74) is 3.42. The number of allylic oxidation sites excluding steroid dienone is 2. The molecule has 0 saturated carbocycles. The highest BCUT2D eigenvalue weighted by Crippen LogP contribution is 2.44. The SMILES string of the molecule is COc1cccc(C2CC(=O)C3=C(C2)NC(=O)CC3c2ccc3c(c2)OCO3)c1. The van der Waals surface area contributed by atoms with Crippen molar-refractivity contribution in [2.24, 2.45) is 0 Å². The van der Waals surface area contributed by atoms with Crippen LogP contribution >= 0.6 is 0 Å². The van der Waals surface area contributed by atoms with Crippen LogP contribution in [0.5, 0.6) is 17.2 Å². The molecule has 1 aliphatic carbocycles. The molecular weight excluding hydrogens is 370 g/mol. The lowest BCUT2D eigenvalue weighted by Gasteiger charge is -2.34. The van der Waals surface area contributed by atoms with Gasteiger partial charge in [-0.25, -0.2) is 0 Å². The molecule has 148 valence electrons. The second kappa shape index (κ2) is 6.95. The van der Waals surface area contributed by atoms with Crippen molar-refractivity contribution < 1.29 is 23.8 Å². The summed E-state index contributed by atoms with van der Waals surface area (Å²) in [6.45, 7) is 0.193. The van der Waals surface area contributed by atoms with Gasteiger partial charge in [0.05, 0.1) is 7.11 Å². The van der Waals surface area contributed by atoms with E-state index in [1.54, 1.807) is 7.11 Å². The highest BCUT2D eigenvalue weighted by atomic mass is 16.7. The molecule has 0 bridgehead atoms. The minimum Gasteiger partial charge on any atom is -0.497 e. The smallest absolute Gasteiger partial charge is 0.231 e. The number of fused-ring (bicyclic) bond motifs is 1. The second-order valence-corrected chi connectivity index (χ2v) is 7.61. The Morgan fingerprint density at radius 3 is 2.69 bits per heavy atom. The molecule has 0 fully saturated rings. The fraction of sp³-hybridized carbons (Fsp3) is 0.304. The predicted octanol–water partition coefficient (Wildman–Crippen LogP) is 3.43. The largest absolute Gasteiger partial charge is 0.497 e. The van der Waals surface area contributed by atoms with Gasteiger partial charge < -0.3 is 19.5 Å². The molecule has 1 amide bonds. The number of nitrogens with one attached hydrogen (secondary N) is 1. The number of methoxy groups -OCH3 is 1. The molecule has 29 heavy (non-hydrogen) atoms. The monoisotopic (exact) mass is 391 g/mol. The zero-order valence-electron chi connectivity index (χ0n) is 16.1. The molecule has 2 aromatic rings. The normalized spacial score (nSPS) is 22.9. The van der Waals surface area contributed by atoms with Gasteiger partial charge in [-0.15, -0.1) is 0 Å². The Morgan fingerprint density at radius 2 is 1.83 bits per heavy atom. The topological polar surface area (TPSA) is 73.9 Å². The molecule has 2 atom stereocenters. The van der Waals surface area contributed by atoms with Crippen LogP contribution in [-0.4, -0.2) is 25.6 Å². The van der Waals surface area contributed by atoms with Crippen LogP contribution in [0.4, 0.5) is 0 Å². The maximum atomic E-state index is 13.2. The van der Waals surface area contributed by atoms with Gasteiger partial charge in [-0.2, -0.15) is 0 Å². The van der Waals surface area contributed by atoms with Gasteiger partial charge >= 0.3 is 0 Å². The Hall–Kier alpha value is -3.28. The van der Waals surface area contributed by atoms with Crippen LogP contribution < -0.4 is 19.5 Å². The lowest BCUT2D eigenvalue weighted by molar-refractivity contribution is -0.122. The summed E-state index contributed by atoms with van der Waals surface area (Å²) in [6, 6.07) is 13.4. The highest BCUT2D eigenvalue weighted by molar-refractivity contribution is 6.02. The van der Waals surface area contributed by atoms with Gasteiger partial charge in [0.25, 0.3) is 0 Å². The van der Waals surface area contributed by atoms with Crippen molar-refractivity contribution in [2.45, 2.75) is 31.1 Å². The van der Waals surface area contributed by atoms with Crippen molar-refractivity contribution in [1.29, 1.82) is 0 Å². The molecule has 1 N–H and O–H groups in total. The minimum atomic E-state index is -0.257. The maximum Gasteiger partial charge on any atom is 0.231 e. The van der Waals surface area contributed by atoms with Gasteiger partial charge in [0.2, 0.25) is 12.7 Å². The van der Waals surface area contributed by atoms with Crippen LogP contribution in [0.2, 0.25) is 0 Å². The Balaban J connectivity index is 1.50. The molecule has 0 saturated heterocycles. The molecule has 2 aromatic carbocycles. The molecular formula is C23H21NO5. The quantitative estimate of drug-likeness (QED) is 0.868. The molecule has 3 aliphatic rings. The number of amides is 1. The van der Waals surface area contributed by atoms with Gasteiger partial charge in [0.1, 0.15) is 5.75 Å². The Labute approximate surface area is 168 Å².